The maximum Gasteiger partial charge on any atom is 0.243 e. The summed E-state index contributed by atoms with van der Waals surface area (Å²) in [5, 5.41) is 15.8. The highest BCUT2D eigenvalue weighted by atomic mass is 35.5. The van der Waals surface area contributed by atoms with Crippen LogP contribution < -0.4 is 14.8 Å². The zero-order valence-electron chi connectivity index (χ0n) is 16.8. The number of hydrogen-bond donors (Lipinski definition) is 1. The summed E-state index contributed by atoms with van der Waals surface area (Å²) in [6, 6.07) is 13.5. The topological polar surface area (TPSA) is 74.1 Å². The Hall–Kier alpha value is -2.80. The SMILES string of the molecule is CCCCn1nnnc1NCc1ccc(OCc2cccc(Cl)c2)c(OCC)c1. The van der Waals surface area contributed by atoms with E-state index >= 15 is 0 Å². The van der Waals surface area contributed by atoms with Gasteiger partial charge in [0.25, 0.3) is 0 Å². The summed E-state index contributed by atoms with van der Waals surface area (Å²) in [6.07, 6.45) is 2.13. The van der Waals surface area contributed by atoms with Crippen LogP contribution in [0, 0.1) is 0 Å². The third-order valence-corrected chi connectivity index (χ3v) is 4.53. The normalized spacial score (nSPS) is 10.7. The number of halogens is 1. The molecule has 1 aromatic heterocycles. The van der Waals surface area contributed by atoms with Crippen molar-refractivity contribution in [3.63, 3.8) is 0 Å². The molecule has 3 rings (SSSR count). The Morgan fingerprint density at radius 1 is 1.03 bits per heavy atom. The van der Waals surface area contributed by atoms with Crippen molar-refractivity contribution in [1.82, 2.24) is 20.2 Å². The molecule has 0 spiro atoms. The lowest BCUT2D eigenvalue weighted by atomic mass is 10.2. The molecule has 0 radical (unpaired) electrons. The number of unbranched alkanes of at least 4 members (excludes halogenated alkanes) is 1. The molecular weight excluding hydrogens is 390 g/mol. The van der Waals surface area contributed by atoms with Gasteiger partial charge in [0.1, 0.15) is 6.61 Å². The van der Waals surface area contributed by atoms with E-state index in [9.17, 15) is 0 Å². The number of ether oxygens (including phenoxy) is 2. The Morgan fingerprint density at radius 2 is 1.93 bits per heavy atom. The van der Waals surface area contributed by atoms with Crippen molar-refractivity contribution in [3.05, 3.63) is 58.6 Å². The number of nitrogens with one attached hydrogen (secondary N) is 1. The van der Waals surface area contributed by atoms with Gasteiger partial charge in [-0.1, -0.05) is 48.2 Å². The molecule has 0 saturated heterocycles. The fourth-order valence-corrected chi connectivity index (χ4v) is 3.02. The molecule has 0 aliphatic rings. The first-order valence-corrected chi connectivity index (χ1v) is 10.2. The summed E-state index contributed by atoms with van der Waals surface area (Å²) < 4.78 is 13.5. The molecule has 29 heavy (non-hydrogen) atoms. The van der Waals surface area contributed by atoms with E-state index in [4.69, 9.17) is 21.1 Å². The summed E-state index contributed by atoms with van der Waals surface area (Å²) in [6.45, 7) is 6.45. The number of nitrogens with zero attached hydrogens (tertiary/aromatic N) is 4. The predicted molar refractivity (Wildman–Crippen MR) is 113 cm³/mol. The first-order chi connectivity index (χ1) is 14.2. The van der Waals surface area contributed by atoms with E-state index in [0.29, 0.717) is 42.2 Å². The van der Waals surface area contributed by atoms with Crippen molar-refractivity contribution in [2.45, 2.75) is 46.4 Å². The highest BCUT2D eigenvalue weighted by Gasteiger charge is 2.09. The molecule has 154 valence electrons. The van der Waals surface area contributed by atoms with E-state index in [1.807, 2.05) is 49.4 Å². The van der Waals surface area contributed by atoms with Gasteiger partial charge in [0.05, 0.1) is 6.61 Å². The second-order valence-electron chi connectivity index (χ2n) is 6.57. The lowest BCUT2D eigenvalue weighted by molar-refractivity contribution is 0.269. The van der Waals surface area contributed by atoms with Gasteiger partial charge in [0.2, 0.25) is 5.95 Å². The van der Waals surface area contributed by atoms with Gasteiger partial charge in [-0.3, -0.25) is 0 Å². The number of tetrazole rings is 1. The summed E-state index contributed by atoms with van der Waals surface area (Å²) in [5.41, 5.74) is 2.05. The molecule has 0 unspecified atom stereocenters. The minimum absolute atomic E-state index is 0.421. The van der Waals surface area contributed by atoms with Crippen LogP contribution in [0.5, 0.6) is 11.5 Å². The zero-order valence-corrected chi connectivity index (χ0v) is 17.5. The molecule has 7 nitrogen and oxygen atoms in total. The smallest absolute Gasteiger partial charge is 0.243 e. The summed E-state index contributed by atoms with van der Waals surface area (Å²) >= 11 is 6.04. The summed E-state index contributed by atoms with van der Waals surface area (Å²) in [4.78, 5) is 0. The first-order valence-electron chi connectivity index (χ1n) is 9.82. The van der Waals surface area contributed by atoms with Crippen molar-refractivity contribution in [2.24, 2.45) is 0 Å². The minimum Gasteiger partial charge on any atom is -0.490 e. The molecular formula is C21H26ClN5O2. The van der Waals surface area contributed by atoms with Crippen molar-refractivity contribution >= 4 is 17.5 Å². The van der Waals surface area contributed by atoms with Gasteiger partial charge >= 0.3 is 0 Å². The Labute approximate surface area is 176 Å². The summed E-state index contributed by atoms with van der Waals surface area (Å²) in [7, 11) is 0. The van der Waals surface area contributed by atoms with Crippen molar-refractivity contribution in [1.29, 1.82) is 0 Å². The number of rotatable bonds is 11. The van der Waals surface area contributed by atoms with Crippen LogP contribution in [-0.4, -0.2) is 26.8 Å². The number of hydrogen-bond acceptors (Lipinski definition) is 6. The lowest BCUT2D eigenvalue weighted by Crippen LogP contribution is -2.09. The van der Waals surface area contributed by atoms with Crippen LogP contribution in [0.4, 0.5) is 5.95 Å². The Morgan fingerprint density at radius 3 is 2.72 bits per heavy atom. The molecule has 0 fully saturated rings. The molecule has 0 amide bonds. The van der Waals surface area contributed by atoms with E-state index in [1.165, 1.54) is 0 Å². The van der Waals surface area contributed by atoms with E-state index in [-0.39, 0.29) is 0 Å². The van der Waals surface area contributed by atoms with Gasteiger partial charge in [-0.15, -0.1) is 0 Å². The van der Waals surface area contributed by atoms with Gasteiger partial charge < -0.3 is 14.8 Å². The van der Waals surface area contributed by atoms with Crippen molar-refractivity contribution in [2.75, 3.05) is 11.9 Å². The second kappa shape index (κ2) is 10.7. The number of aryl methyl sites for hydroxylation is 1. The molecule has 0 aliphatic heterocycles. The quantitative estimate of drug-likeness (QED) is 0.488. The van der Waals surface area contributed by atoms with E-state index in [2.05, 4.69) is 27.8 Å². The number of benzene rings is 2. The Bertz CT molecular complexity index is 916. The van der Waals surface area contributed by atoms with Gasteiger partial charge in [0, 0.05) is 18.1 Å². The van der Waals surface area contributed by atoms with Crippen LogP contribution in [0.2, 0.25) is 5.02 Å². The first kappa shape index (κ1) is 20.9. The average molecular weight is 416 g/mol. The van der Waals surface area contributed by atoms with Crippen LogP contribution in [0.1, 0.15) is 37.8 Å². The average Bonchev–Trinajstić information content (AvgIpc) is 3.17. The zero-order chi connectivity index (χ0) is 20.5. The summed E-state index contributed by atoms with van der Waals surface area (Å²) in [5.74, 6) is 2.07. The molecule has 0 saturated carbocycles. The van der Waals surface area contributed by atoms with Gasteiger partial charge in [0.15, 0.2) is 11.5 Å². The van der Waals surface area contributed by atoms with Gasteiger partial charge in [-0.05, 0) is 59.2 Å². The molecule has 0 atom stereocenters. The molecule has 3 aromatic rings. The van der Waals surface area contributed by atoms with Crippen LogP contribution in [-0.2, 0) is 19.7 Å². The fraction of sp³-hybridized carbons (Fsp3) is 0.381. The number of aromatic nitrogens is 4. The van der Waals surface area contributed by atoms with Crippen LogP contribution in [0.15, 0.2) is 42.5 Å². The van der Waals surface area contributed by atoms with E-state index < -0.39 is 0 Å². The van der Waals surface area contributed by atoms with Gasteiger partial charge in [-0.25, -0.2) is 4.68 Å². The molecule has 8 heteroatoms. The van der Waals surface area contributed by atoms with Crippen molar-refractivity contribution in [3.8, 4) is 11.5 Å². The standard InChI is InChI=1S/C21H26ClN5O2/c1-3-5-11-27-21(24-25-26-27)23-14-16-9-10-19(20(13-16)28-4-2)29-15-17-7-6-8-18(22)12-17/h6-10,12-13H,3-5,11,14-15H2,1-2H3,(H,23,24,26). The van der Waals surface area contributed by atoms with E-state index in [1.54, 1.807) is 4.68 Å². The third kappa shape index (κ3) is 6.09. The maximum atomic E-state index is 6.04. The molecule has 0 bridgehead atoms. The Kier molecular flexibility index (Phi) is 7.69. The predicted octanol–water partition coefficient (Wildman–Crippen LogP) is 4.72. The van der Waals surface area contributed by atoms with Crippen LogP contribution >= 0.6 is 11.6 Å². The lowest BCUT2D eigenvalue weighted by Gasteiger charge is -2.14. The van der Waals surface area contributed by atoms with Gasteiger partial charge in [-0.2, -0.15) is 0 Å². The molecule has 1 N–H and O–H groups in total. The second-order valence-corrected chi connectivity index (χ2v) is 7.00. The number of anilines is 1. The highest BCUT2D eigenvalue weighted by molar-refractivity contribution is 6.30. The largest absolute Gasteiger partial charge is 0.490 e. The molecule has 1 heterocycles. The fourth-order valence-electron chi connectivity index (χ4n) is 2.81. The molecule has 2 aromatic carbocycles. The molecule has 0 aliphatic carbocycles. The van der Waals surface area contributed by atoms with Crippen molar-refractivity contribution < 1.29 is 9.47 Å². The monoisotopic (exact) mass is 415 g/mol. The van der Waals surface area contributed by atoms with Crippen LogP contribution in [0.25, 0.3) is 0 Å². The van der Waals surface area contributed by atoms with E-state index in [0.717, 1.165) is 30.5 Å². The third-order valence-electron chi connectivity index (χ3n) is 4.30. The maximum absolute atomic E-state index is 6.04. The minimum atomic E-state index is 0.421. The Balaban J connectivity index is 1.65. The highest BCUT2D eigenvalue weighted by Crippen LogP contribution is 2.29. The van der Waals surface area contributed by atoms with Crippen LogP contribution in [0.3, 0.4) is 0 Å².